The van der Waals surface area contributed by atoms with E-state index < -0.39 is 0 Å². The monoisotopic (exact) mass is 178 g/mol. The summed E-state index contributed by atoms with van der Waals surface area (Å²) in [6, 6.07) is 0. The summed E-state index contributed by atoms with van der Waals surface area (Å²) in [5.74, 6) is 0. The Morgan fingerprint density at radius 3 is 0.889 bits per heavy atom. The standard InChI is InChI=1S/C5H5.2CH3.ClH.Ti/c1-2-4-5-3-1;;;;/h1-5H;2*1H3;1H;/q;2*-1;;+4/p-1. The Kier molecular flexibility index (Phi) is 29.4. The van der Waals surface area contributed by atoms with E-state index in [1.807, 2.05) is 32.1 Å². The zero-order valence-electron chi connectivity index (χ0n) is 5.76. The van der Waals surface area contributed by atoms with Gasteiger partial charge in [0.1, 0.15) is 0 Å². The molecular weight excluding hydrogens is 167 g/mol. The Labute approximate surface area is 75.6 Å². The molecule has 0 N–H and O–H groups in total. The van der Waals surface area contributed by atoms with Gasteiger partial charge in [-0.3, -0.25) is 0 Å². The van der Waals surface area contributed by atoms with Gasteiger partial charge in [0.05, 0.1) is 0 Å². The molecule has 1 saturated carbocycles. The van der Waals surface area contributed by atoms with E-state index in [0.717, 1.165) is 0 Å². The van der Waals surface area contributed by atoms with Crippen LogP contribution in [0.15, 0.2) is 0 Å². The first-order chi connectivity index (χ1) is 3.50. The quantitative estimate of drug-likeness (QED) is 0.395. The Balaban J connectivity index is -0.0000000836. The Bertz CT molecular complexity index is 20.5. The van der Waals surface area contributed by atoms with E-state index in [2.05, 4.69) is 9.30 Å². The molecule has 0 saturated heterocycles. The van der Waals surface area contributed by atoms with Crippen LogP contribution >= 0.6 is 9.30 Å². The van der Waals surface area contributed by atoms with Crippen LogP contribution in [0.3, 0.4) is 0 Å². The predicted octanol–water partition coefficient (Wildman–Crippen LogP) is 2.61. The van der Waals surface area contributed by atoms with E-state index in [9.17, 15) is 0 Å². The second kappa shape index (κ2) is 16.0. The molecule has 49 valence electrons. The average molecular weight is 178 g/mol. The molecule has 1 fully saturated rings. The van der Waals surface area contributed by atoms with E-state index in [-0.39, 0.29) is 14.9 Å². The van der Waals surface area contributed by atoms with Gasteiger partial charge in [0, 0.05) is 0 Å². The summed E-state index contributed by atoms with van der Waals surface area (Å²) in [5, 5.41) is 0. The zero-order chi connectivity index (χ0) is 5.54. The molecule has 0 amide bonds. The topological polar surface area (TPSA) is 0 Å². The second-order valence-electron chi connectivity index (χ2n) is 0.962. The van der Waals surface area contributed by atoms with Crippen LogP contribution < -0.4 is 0 Å². The summed E-state index contributed by atoms with van der Waals surface area (Å²) in [4.78, 5) is 0. The van der Waals surface area contributed by atoms with Gasteiger partial charge in [0.2, 0.25) is 0 Å². The van der Waals surface area contributed by atoms with Crippen molar-refractivity contribution >= 4 is 9.30 Å². The summed E-state index contributed by atoms with van der Waals surface area (Å²) >= 11 is 1.47. The molecule has 0 nitrogen and oxygen atoms in total. The fourth-order valence-corrected chi connectivity index (χ4v) is 0.321. The van der Waals surface area contributed by atoms with E-state index in [0.29, 0.717) is 0 Å². The van der Waals surface area contributed by atoms with Gasteiger partial charge >= 0.3 is 28.7 Å². The van der Waals surface area contributed by atoms with Gasteiger partial charge in [0.25, 0.3) is 0 Å². The van der Waals surface area contributed by atoms with Gasteiger partial charge in [-0.25, -0.2) is 0 Å². The molecule has 9 heavy (non-hydrogen) atoms. The number of rotatable bonds is 0. The maximum absolute atomic E-state index is 4.64. The molecular formula is C7H11ClTi+. The van der Waals surface area contributed by atoms with Gasteiger partial charge in [-0.15, -0.1) is 0 Å². The normalized spacial score (nSPS) is 14.1. The molecule has 5 radical (unpaired) electrons. The fraction of sp³-hybridized carbons (Fsp3) is 0. The minimum absolute atomic E-state index is 0. The molecule has 0 aromatic rings. The summed E-state index contributed by atoms with van der Waals surface area (Å²) < 4.78 is 0. The Hall–Kier alpha value is 1.00. The van der Waals surface area contributed by atoms with Crippen molar-refractivity contribution in [3.8, 4) is 0 Å². The molecule has 0 atom stereocenters. The van der Waals surface area contributed by atoms with Crippen molar-refractivity contribution in [3.05, 3.63) is 47.0 Å². The zero-order valence-corrected chi connectivity index (χ0v) is 8.08. The second-order valence-corrected chi connectivity index (χ2v) is 0.962. The molecule has 0 bridgehead atoms. The molecule has 1 aliphatic rings. The van der Waals surface area contributed by atoms with E-state index >= 15 is 0 Å². The number of hydrogen-bond donors (Lipinski definition) is 0. The van der Waals surface area contributed by atoms with Crippen molar-refractivity contribution in [2.24, 2.45) is 0 Å². The molecule has 0 heterocycles. The van der Waals surface area contributed by atoms with Crippen molar-refractivity contribution in [1.82, 2.24) is 0 Å². The molecule has 1 aliphatic carbocycles. The molecule has 2 heteroatoms. The molecule has 0 spiro atoms. The van der Waals surface area contributed by atoms with Crippen molar-refractivity contribution in [3.63, 3.8) is 0 Å². The van der Waals surface area contributed by atoms with Gasteiger partial charge in [-0.2, -0.15) is 0 Å². The van der Waals surface area contributed by atoms with E-state index in [1.165, 1.54) is 19.4 Å². The van der Waals surface area contributed by atoms with Crippen LogP contribution in [-0.4, -0.2) is 0 Å². The number of halogens is 1. The van der Waals surface area contributed by atoms with E-state index in [4.69, 9.17) is 0 Å². The van der Waals surface area contributed by atoms with Crippen molar-refractivity contribution in [2.75, 3.05) is 0 Å². The molecule has 0 aromatic heterocycles. The van der Waals surface area contributed by atoms with Crippen molar-refractivity contribution < 1.29 is 19.4 Å². The van der Waals surface area contributed by atoms with Crippen molar-refractivity contribution in [2.45, 2.75) is 0 Å². The van der Waals surface area contributed by atoms with E-state index in [1.54, 1.807) is 0 Å². The third-order valence-corrected chi connectivity index (χ3v) is 0.556. The number of hydrogen-bond acceptors (Lipinski definition) is 0. The van der Waals surface area contributed by atoms with Crippen LogP contribution in [0, 0.1) is 47.0 Å². The maximum atomic E-state index is 4.64. The summed E-state index contributed by atoms with van der Waals surface area (Å²) in [6.45, 7) is 0. The van der Waals surface area contributed by atoms with Crippen LogP contribution in [-0.2, 0) is 19.4 Å². The third-order valence-electron chi connectivity index (χ3n) is 0.556. The van der Waals surface area contributed by atoms with Crippen molar-refractivity contribution in [1.29, 1.82) is 0 Å². The van der Waals surface area contributed by atoms with Crippen LogP contribution in [0.1, 0.15) is 0 Å². The first-order valence-corrected chi connectivity index (χ1v) is 4.00. The summed E-state index contributed by atoms with van der Waals surface area (Å²) in [6.07, 6.45) is 10.0. The van der Waals surface area contributed by atoms with Gasteiger partial charge in [0.15, 0.2) is 0 Å². The summed E-state index contributed by atoms with van der Waals surface area (Å²) in [7, 11) is 4.64. The molecule has 0 unspecified atom stereocenters. The Morgan fingerprint density at radius 1 is 0.667 bits per heavy atom. The third kappa shape index (κ3) is 12.3. The molecule has 1 rings (SSSR count). The predicted molar refractivity (Wildman–Crippen MR) is 40.2 cm³/mol. The van der Waals surface area contributed by atoms with Gasteiger partial charge in [-0.05, 0) is 32.1 Å². The Morgan fingerprint density at radius 2 is 0.778 bits per heavy atom. The SMILES string of the molecule is [CH3-].[CH3-].[CH]1[CH][CH][CH][CH]1.[Cl][Ti+3]. The van der Waals surface area contributed by atoms with Crippen LogP contribution in [0.5, 0.6) is 0 Å². The van der Waals surface area contributed by atoms with Crippen LogP contribution in [0.2, 0.25) is 0 Å². The van der Waals surface area contributed by atoms with Crippen LogP contribution in [0.4, 0.5) is 0 Å². The van der Waals surface area contributed by atoms with Gasteiger partial charge in [-0.1, -0.05) is 0 Å². The average Bonchev–Trinajstić information content (AvgIpc) is 2.23. The molecule has 0 aliphatic heterocycles. The van der Waals surface area contributed by atoms with Crippen LogP contribution in [0.25, 0.3) is 0 Å². The first kappa shape index (κ1) is 16.5. The van der Waals surface area contributed by atoms with Gasteiger partial charge < -0.3 is 14.9 Å². The summed E-state index contributed by atoms with van der Waals surface area (Å²) in [5.41, 5.74) is 0. The molecule has 0 aromatic carbocycles. The minimum atomic E-state index is 0. The first-order valence-electron chi connectivity index (χ1n) is 1.86. The fourth-order valence-electron chi connectivity index (χ4n) is 0.321.